The minimum atomic E-state index is -0.563. The SMILES string of the molecule is CC(C)(CO)NC(=O)CN1CCN(c2ccccn2)CC1. The van der Waals surface area contributed by atoms with Crippen LogP contribution in [0.5, 0.6) is 0 Å². The first kappa shape index (κ1) is 15.7. The second-order valence-electron chi connectivity index (χ2n) is 6.04. The van der Waals surface area contributed by atoms with Crippen LogP contribution in [0.1, 0.15) is 13.8 Å². The lowest BCUT2D eigenvalue weighted by Crippen LogP contribution is -2.53. The zero-order valence-corrected chi connectivity index (χ0v) is 12.7. The molecule has 0 atom stereocenters. The molecule has 0 saturated carbocycles. The molecule has 0 spiro atoms. The van der Waals surface area contributed by atoms with E-state index in [1.807, 2.05) is 32.0 Å². The predicted octanol–water partition coefficient (Wildman–Crippen LogP) is 0.0907. The van der Waals surface area contributed by atoms with E-state index in [0.717, 1.165) is 32.0 Å². The number of aromatic nitrogens is 1. The second kappa shape index (κ2) is 6.87. The highest BCUT2D eigenvalue weighted by molar-refractivity contribution is 5.78. The highest BCUT2D eigenvalue weighted by Crippen LogP contribution is 2.12. The van der Waals surface area contributed by atoms with E-state index in [1.54, 1.807) is 6.20 Å². The van der Waals surface area contributed by atoms with Gasteiger partial charge in [0.05, 0.1) is 18.7 Å². The minimum Gasteiger partial charge on any atom is -0.394 e. The minimum absolute atomic E-state index is 0.0414. The second-order valence-corrected chi connectivity index (χ2v) is 6.04. The third-order valence-corrected chi connectivity index (χ3v) is 3.59. The molecule has 0 radical (unpaired) electrons. The van der Waals surface area contributed by atoms with Crippen molar-refractivity contribution in [2.45, 2.75) is 19.4 Å². The zero-order chi connectivity index (χ0) is 15.3. The van der Waals surface area contributed by atoms with Crippen LogP contribution in [-0.2, 0) is 4.79 Å². The van der Waals surface area contributed by atoms with Crippen molar-refractivity contribution in [3.05, 3.63) is 24.4 Å². The Morgan fingerprint density at radius 1 is 1.33 bits per heavy atom. The number of carbonyl (C=O) groups excluding carboxylic acids is 1. The fourth-order valence-electron chi connectivity index (χ4n) is 2.34. The number of aliphatic hydroxyl groups excluding tert-OH is 1. The van der Waals surface area contributed by atoms with Crippen molar-refractivity contribution >= 4 is 11.7 Å². The van der Waals surface area contributed by atoms with E-state index >= 15 is 0 Å². The van der Waals surface area contributed by atoms with E-state index in [0.29, 0.717) is 6.54 Å². The number of rotatable bonds is 5. The van der Waals surface area contributed by atoms with Crippen molar-refractivity contribution < 1.29 is 9.90 Å². The molecule has 0 unspecified atom stereocenters. The van der Waals surface area contributed by atoms with Crippen LogP contribution >= 0.6 is 0 Å². The Morgan fingerprint density at radius 3 is 2.62 bits per heavy atom. The quantitative estimate of drug-likeness (QED) is 0.805. The van der Waals surface area contributed by atoms with E-state index in [2.05, 4.69) is 20.1 Å². The molecule has 1 fully saturated rings. The van der Waals surface area contributed by atoms with E-state index in [-0.39, 0.29) is 12.5 Å². The van der Waals surface area contributed by atoms with Crippen LogP contribution in [0.15, 0.2) is 24.4 Å². The van der Waals surface area contributed by atoms with Crippen LogP contribution in [0.4, 0.5) is 5.82 Å². The van der Waals surface area contributed by atoms with E-state index < -0.39 is 5.54 Å². The number of nitrogens with zero attached hydrogens (tertiary/aromatic N) is 3. The molecule has 2 heterocycles. The summed E-state index contributed by atoms with van der Waals surface area (Å²) in [5.41, 5.74) is -0.563. The van der Waals surface area contributed by atoms with Crippen LogP contribution < -0.4 is 10.2 Å². The molecule has 1 aliphatic heterocycles. The van der Waals surface area contributed by atoms with Gasteiger partial charge in [-0.3, -0.25) is 9.69 Å². The number of anilines is 1. The van der Waals surface area contributed by atoms with Gasteiger partial charge in [-0.15, -0.1) is 0 Å². The summed E-state index contributed by atoms with van der Waals surface area (Å²) >= 11 is 0. The number of pyridine rings is 1. The van der Waals surface area contributed by atoms with E-state index in [9.17, 15) is 4.79 Å². The lowest BCUT2D eigenvalue weighted by molar-refractivity contribution is -0.124. The van der Waals surface area contributed by atoms with E-state index in [1.165, 1.54) is 0 Å². The van der Waals surface area contributed by atoms with Gasteiger partial charge in [0.25, 0.3) is 0 Å². The van der Waals surface area contributed by atoms with Gasteiger partial charge in [-0.1, -0.05) is 6.07 Å². The summed E-state index contributed by atoms with van der Waals surface area (Å²) < 4.78 is 0. The molecular weight excluding hydrogens is 268 g/mol. The van der Waals surface area contributed by atoms with Crippen LogP contribution in [0, 0.1) is 0 Å². The largest absolute Gasteiger partial charge is 0.394 e. The molecule has 1 aromatic rings. The molecule has 1 aromatic heterocycles. The Labute approximate surface area is 125 Å². The first-order chi connectivity index (χ1) is 10.00. The molecule has 6 heteroatoms. The molecular formula is C15H24N4O2. The summed E-state index contributed by atoms with van der Waals surface area (Å²) in [6, 6.07) is 5.90. The van der Waals surface area contributed by atoms with Gasteiger partial charge in [0.15, 0.2) is 0 Å². The van der Waals surface area contributed by atoms with E-state index in [4.69, 9.17) is 5.11 Å². The van der Waals surface area contributed by atoms with Gasteiger partial charge >= 0.3 is 0 Å². The predicted molar refractivity (Wildman–Crippen MR) is 82.2 cm³/mol. The number of hydrogen-bond donors (Lipinski definition) is 2. The van der Waals surface area contributed by atoms with Gasteiger partial charge in [0.1, 0.15) is 5.82 Å². The maximum atomic E-state index is 11.9. The molecule has 1 saturated heterocycles. The third kappa shape index (κ3) is 4.68. The number of nitrogens with one attached hydrogen (secondary N) is 1. The summed E-state index contributed by atoms with van der Waals surface area (Å²) in [5.74, 6) is 0.948. The van der Waals surface area contributed by atoms with Gasteiger partial charge in [-0.05, 0) is 26.0 Å². The third-order valence-electron chi connectivity index (χ3n) is 3.59. The average molecular weight is 292 g/mol. The Morgan fingerprint density at radius 2 is 2.05 bits per heavy atom. The Bertz CT molecular complexity index is 456. The number of hydrogen-bond acceptors (Lipinski definition) is 5. The number of aliphatic hydroxyl groups is 1. The van der Waals surface area contributed by atoms with Crippen LogP contribution in [0.2, 0.25) is 0 Å². The molecule has 2 rings (SSSR count). The molecule has 1 aliphatic rings. The summed E-state index contributed by atoms with van der Waals surface area (Å²) in [6.45, 7) is 7.34. The van der Waals surface area contributed by atoms with Crippen molar-refractivity contribution in [3.8, 4) is 0 Å². The first-order valence-corrected chi connectivity index (χ1v) is 7.30. The van der Waals surface area contributed by atoms with Gasteiger partial charge in [0.2, 0.25) is 5.91 Å². The van der Waals surface area contributed by atoms with Crippen LogP contribution in [0.25, 0.3) is 0 Å². The monoisotopic (exact) mass is 292 g/mol. The highest BCUT2D eigenvalue weighted by atomic mass is 16.3. The maximum Gasteiger partial charge on any atom is 0.234 e. The van der Waals surface area contributed by atoms with Crippen molar-refractivity contribution in [2.24, 2.45) is 0 Å². The number of piperazine rings is 1. The Balaban J connectivity index is 1.78. The van der Waals surface area contributed by atoms with Gasteiger partial charge in [-0.25, -0.2) is 4.98 Å². The average Bonchev–Trinajstić information content (AvgIpc) is 2.48. The Kier molecular flexibility index (Phi) is 5.14. The fourth-order valence-corrected chi connectivity index (χ4v) is 2.34. The maximum absolute atomic E-state index is 11.9. The fraction of sp³-hybridized carbons (Fsp3) is 0.600. The summed E-state index contributed by atoms with van der Waals surface area (Å²) in [5, 5.41) is 12.0. The molecule has 116 valence electrons. The molecule has 21 heavy (non-hydrogen) atoms. The van der Waals surface area contributed by atoms with Crippen molar-refractivity contribution in [3.63, 3.8) is 0 Å². The molecule has 0 bridgehead atoms. The Hall–Kier alpha value is -1.66. The molecule has 0 aliphatic carbocycles. The molecule has 1 amide bonds. The normalized spacial score (nSPS) is 16.8. The summed E-state index contributed by atoms with van der Waals surface area (Å²) in [4.78, 5) is 20.7. The van der Waals surface area contributed by atoms with Crippen molar-refractivity contribution in [1.82, 2.24) is 15.2 Å². The molecule has 0 aromatic carbocycles. The molecule has 6 nitrogen and oxygen atoms in total. The standard InChI is InChI=1S/C15H24N4O2/c1-15(2,12-20)17-14(21)11-18-7-9-19(10-8-18)13-5-3-4-6-16-13/h3-6,20H,7-12H2,1-2H3,(H,17,21). The topological polar surface area (TPSA) is 68.7 Å². The first-order valence-electron chi connectivity index (χ1n) is 7.30. The van der Waals surface area contributed by atoms with Gasteiger partial charge < -0.3 is 15.3 Å². The lowest BCUT2D eigenvalue weighted by Gasteiger charge is -2.35. The van der Waals surface area contributed by atoms with Gasteiger partial charge in [0, 0.05) is 32.4 Å². The number of amides is 1. The van der Waals surface area contributed by atoms with Crippen LogP contribution in [-0.4, -0.2) is 65.8 Å². The van der Waals surface area contributed by atoms with Crippen LogP contribution in [0.3, 0.4) is 0 Å². The smallest absolute Gasteiger partial charge is 0.234 e. The van der Waals surface area contributed by atoms with Gasteiger partial charge in [-0.2, -0.15) is 0 Å². The van der Waals surface area contributed by atoms with Crippen molar-refractivity contribution in [1.29, 1.82) is 0 Å². The summed E-state index contributed by atoms with van der Waals surface area (Å²) in [6.07, 6.45) is 1.80. The zero-order valence-electron chi connectivity index (χ0n) is 12.7. The number of carbonyl (C=O) groups is 1. The van der Waals surface area contributed by atoms with Crippen molar-refractivity contribution in [2.75, 3.05) is 44.2 Å². The summed E-state index contributed by atoms with van der Waals surface area (Å²) in [7, 11) is 0. The highest BCUT2D eigenvalue weighted by Gasteiger charge is 2.23. The lowest BCUT2D eigenvalue weighted by atomic mass is 10.1. The molecule has 2 N–H and O–H groups in total.